The fourth-order valence-corrected chi connectivity index (χ4v) is 1.47. The summed E-state index contributed by atoms with van der Waals surface area (Å²) in [4.78, 5) is 10.7. The Morgan fingerprint density at radius 2 is 2.20 bits per heavy atom. The topological polar surface area (TPSA) is 35.5 Å². The minimum Gasteiger partial charge on any atom is -0.466 e. The maximum atomic E-state index is 10.7. The third kappa shape index (κ3) is 3.32. The van der Waals surface area contributed by atoms with Crippen molar-refractivity contribution in [1.82, 2.24) is 0 Å². The third-order valence-electron chi connectivity index (χ3n) is 1.88. The molecule has 0 bridgehead atoms. The van der Waals surface area contributed by atoms with Crippen LogP contribution in [0.1, 0.15) is 22.8 Å². The molecule has 3 nitrogen and oxygen atoms in total. The maximum Gasteiger partial charge on any atom is 0.189 e. The van der Waals surface area contributed by atoms with Gasteiger partial charge in [0.15, 0.2) is 6.79 Å². The first kappa shape index (κ1) is 12.2. The van der Waals surface area contributed by atoms with Gasteiger partial charge in [-0.2, -0.15) is 0 Å². The molecule has 0 fully saturated rings. The number of carbonyl (C=O) groups is 1. The van der Waals surface area contributed by atoms with Crippen LogP contribution >= 0.6 is 15.9 Å². The first-order chi connectivity index (χ1) is 7.19. The summed E-state index contributed by atoms with van der Waals surface area (Å²) < 4.78 is 11.3. The monoisotopic (exact) mass is 272 g/mol. The van der Waals surface area contributed by atoms with Gasteiger partial charge in [0.2, 0.25) is 0 Å². The number of aryl methyl sites for hydroxylation is 1. The predicted molar refractivity (Wildman–Crippen MR) is 61.4 cm³/mol. The fraction of sp³-hybridized carbons (Fsp3) is 0.364. The number of aldehydes is 1. The summed E-state index contributed by atoms with van der Waals surface area (Å²) in [6.07, 6.45) is 0.799. The number of halogens is 1. The van der Waals surface area contributed by atoms with Gasteiger partial charge in [-0.15, -0.1) is 0 Å². The number of ether oxygens (including phenoxy) is 2. The van der Waals surface area contributed by atoms with E-state index in [9.17, 15) is 4.79 Å². The zero-order chi connectivity index (χ0) is 11.3. The lowest BCUT2D eigenvalue weighted by Gasteiger charge is -2.10. The molecule has 0 aromatic heterocycles. The van der Waals surface area contributed by atoms with Crippen LogP contribution in [0, 0.1) is 6.92 Å². The minimum atomic E-state index is 0.191. The van der Waals surface area contributed by atoms with Crippen LogP contribution in [0.4, 0.5) is 0 Å². The number of benzene rings is 1. The summed E-state index contributed by atoms with van der Waals surface area (Å²) in [5.41, 5.74) is 1.56. The second-order valence-electron chi connectivity index (χ2n) is 3.02. The van der Waals surface area contributed by atoms with E-state index in [0.29, 0.717) is 17.9 Å². The molecule has 0 amide bonds. The summed E-state index contributed by atoms with van der Waals surface area (Å²) >= 11 is 3.40. The van der Waals surface area contributed by atoms with Crippen LogP contribution in [-0.2, 0) is 4.74 Å². The van der Waals surface area contributed by atoms with Crippen LogP contribution in [0.2, 0.25) is 0 Å². The van der Waals surface area contributed by atoms with Crippen molar-refractivity contribution in [3.05, 3.63) is 27.7 Å². The van der Waals surface area contributed by atoms with E-state index in [-0.39, 0.29) is 6.79 Å². The zero-order valence-corrected chi connectivity index (χ0v) is 10.3. The molecule has 0 aliphatic carbocycles. The Kier molecular flexibility index (Phi) is 4.78. The van der Waals surface area contributed by atoms with Crippen molar-refractivity contribution in [3.63, 3.8) is 0 Å². The van der Waals surface area contributed by atoms with Gasteiger partial charge in [-0.05, 0) is 47.5 Å². The molecule has 15 heavy (non-hydrogen) atoms. The lowest BCUT2D eigenvalue weighted by atomic mass is 10.1. The Morgan fingerprint density at radius 1 is 1.47 bits per heavy atom. The molecule has 0 heterocycles. The van der Waals surface area contributed by atoms with Crippen molar-refractivity contribution in [2.75, 3.05) is 13.4 Å². The summed E-state index contributed by atoms with van der Waals surface area (Å²) in [6, 6.07) is 3.48. The van der Waals surface area contributed by atoms with Crippen LogP contribution in [-0.4, -0.2) is 19.7 Å². The molecule has 0 radical (unpaired) electrons. The van der Waals surface area contributed by atoms with E-state index in [0.717, 1.165) is 16.3 Å². The molecule has 0 N–H and O–H groups in total. The third-order valence-corrected chi connectivity index (χ3v) is 2.90. The molecule has 4 heteroatoms. The van der Waals surface area contributed by atoms with Crippen molar-refractivity contribution in [2.45, 2.75) is 13.8 Å². The van der Waals surface area contributed by atoms with Crippen LogP contribution in [0.5, 0.6) is 5.75 Å². The van der Waals surface area contributed by atoms with E-state index in [2.05, 4.69) is 15.9 Å². The molecule has 1 aromatic rings. The quantitative estimate of drug-likeness (QED) is 0.470. The molecule has 82 valence electrons. The van der Waals surface area contributed by atoms with E-state index in [1.165, 1.54) is 0 Å². The Morgan fingerprint density at radius 3 is 2.80 bits per heavy atom. The van der Waals surface area contributed by atoms with E-state index in [1.54, 1.807) is 12.1 Å². The smallest absolute Gasteiger partial charge is 0.189 e. The summed E-state index contributed by atoms with van der Waals surface area (Å²) in [5, 5.41) is 0. The van der Waals surface area contributed by atoms with Gasteiger partial charge in [0.05, 0.1) is 4.47 Å². The lowest BCUT2D eigenvalue weighted by Crippen LogP contribution is -2.03. The largest absolute Gasteiger partial charge is 0.466 e. The zero-order valence-electron chi connectivity index (χ0n) is 8.75. The van der Waals surface area contributed by atoms with Gasteiger partial charge in [-0.3, -0.25) is 4.79 Å². The van der Waals surface area contributed by atoms with Gasteiger partial charge >= 0.3 is 0 Å². The first-order valence-electron chi connectivity index (χ1n) is 4.65. The van der Waals surface area contributed by atoms with Gasteiger partial charge in [-0.1, -0.05) is 0 Å². The van der Waals surface area contributed by atoms with Gasteiger partial charge in [0, 0.05) is 12.2 Å². The highest BCUT2D eigenvalue weighted by atomic mass is 79.9. The molecule has 0 aliphatic rings. The Hall–Kier alpha value is -0.870. The second-order valence-corrected chi connectivity index (χ2v) is 3.82. The van der Waals surface area contributed by atoms with Crippen molar-refractivity contribution in [3.8, 4) is 5.75 Å². The Bertz CT molecular complexity index is 350. The van der Waals surface area contributed by atoms with E-state index < -0.39 is 0 Å². The van der Waals surface area contributed by atoms with Crippen molar-refractivity contribution in [1.29, 1.82) is 0 Å². The molecule has 0 spiro atoms. The highest BCUT2D eigenvalue weighted by Gasteiger charge is 2.06. The van der Waals surface area contributed by atoms with E-state index >= 15 is 0 Å². The standard InChI is InChI=1S/C11H13BrO3/c1-3-14-7-15-10-5-9(6-13)4-8(2)11(10)12/h4-6H,3,7H2,1-2H3. The molecule has 0 atom stereocenters. The molecule has 0 saturated carbocycles. The van der Waals surface area contributed by atoms with Gasteiger partial charge in [0.25, 0.3) is 0 Å². The average Bonchev–Trinajstić information content (AvgIpc) is 2.24. The molecule has 0 unspecified atom stereocenters. The molecule has 1 rings (SSSR count). The Labute approximate surface area is 97.5 Å². The number of hydrogen-bond acceptors (Lipinski definition) is 3. The molecule has 1 aromatic carbocycles. The number of hydrogen-bond donors (Lipinski definition) is 0. The van der Waals surface area contributed by atoms with Crippen LogP contribution < -0.4 is 4.74 Å². The average molecular weight is 273 g/mol. The fourth-order valence-electron chi connectivity index (χ4n) is 1.13. The SMILES string of the molecule is CCOCOc1cc(C=O)cc(C)c1Br. The van der Waals surface area contributed by atoms with Crippen LogP contribution in [0.25, 0.3) is 0 Å². The predicted octanol–water partition coefficient (Wildman–Crippen LogP) is 2.94. The summed E-state index contributed by atoms with van der Waals surface area (Å²) in [6.45, 7) is 4.59. The second kappa shape index (κ2) is 5.88. The lowest BCUT2D eigenvalue weighted by molar-refractivity contribution is 0.0219. The number of carbonyl (C=O) groups excluding carboxylic acids is 1. The van der Waals surface area contributed by atoms with Crippen LogP contribution in [0.3, 0.4) is 0 Å². The van der Waals surface area contributed by atoms with E-state index in [1.807, 2.05) is 13.8 Å². The summed E-state index contributed by atoms with van der Waals surface area (Å²) in [7, 11) is 0. The molecule has 0 aliphatic heterocycles. The van der Waals surface area contributed by atoms with Crippen molar-refractivity contribution in [2.24, 2.45) is 0 Å². The van der Waals surface area contributed by atoms with Gasteiger partial charge < -0.3 is 9.47 Å². The highest BCUT2D eigenvalue weighted by Crippen LogP contribution is 2.29. The normalized spacial score (nSPS) is 10.1. The van der Waals surface area contributed by atoms with E-state index in [4.69, 9.17) is 9.47 Å². The Balaban J connectivity index is 2.85. The highest BCUT2D eigenvalue weighted by molar-refractivity contribution is 9.10. The maximum absolute atomic E-state index is 10.7. The number of rotatable bonds is 5. The van der Waals surface area contributed by atoms with Gasteiger partial charge in [0.1, 0.15) is 12.0 Å². The molecular formula is C11H13BrO3. The molecular weight excluding hydrogens is 260 g/mol. The minimum absolute atomic E-state index is 0.191. The molecule has 0 saturated heterocycles. The summed E-state index contributed by atoms with van der Waals surface area (Å²) in [5.74, 6) is 0.630. The van der Waals surface area contributed by atoms with Crippen molar-refractivity contribution >= 4 is 22.2 Å². The van der Waals surface area contributed by atoms with Gasteiger partial charge in [-0.25, -0.2) is 0 Å². The first-order valence-corrected chi connectivity index (χ1v) is 5.44. The van der Waals surface area contributed by atoms with Crippen molar-refractivity contribution < 1.29 is 14.3 Å². The van der Waals surface area contributed by atoms with Crippen LogP contribution in [0.15, 0.2) is 16.6 Å².